The maximum absolute atomic E-state index is 5.57. The lowest BCUT2D eigenvalue weighted by atomic mass is 10.2. The van der Waals surface area contributed by atoms with E-state index in [-0.39, 0.29) is 0 Å². The average molecular weight is 172 g/mol. The third-order valence-electron chi connectivity index (χ3n) is 1.71. The molecule has 2 rings (SSSR count). The van der Waals surface area contributed by atoms with Crippen molar-refractivity contribution in [1.29, 1.82) is 0 Å². The molecule has 1 radical (unpaired) electrons. The van der Waals surface area contributed by atoms with Crippen LogP contribution in [0.4, 0.5) is 0 Å². The largest absolute Gasteiger partial charge is 0.477 e. The molecule has 1 heterocycles. The molecule has 0 N–H and O–H groups in total. The van der Waals surface area contributed by atoms with E-state index in [1.807, 2.05) is 42.5 Å². The van der Waals surface area contributed by atoms with Crippen LogP contribution in [0.15, 0.2) is 47.5 Å². The number of nitrogens with zero attached hydrogens (tertiary/aromatic N) is 1. The SMILES string of the molecule is C1=C[C](Oc2ccccc2)CN=C1. The van der Waals surface area contributed by atoms with Crippen molar-refractivity contribution in [1.82, 2.24) is 0 Å². The molecule has 1 aromatic carbocycles. The zero-order valence-corrected chi connectivity index (χ0v) is 7.18. The van der Waals surface area contributed by atoms with Crippen LogP contribution < -0.4 is 4.74 Å². The van der Waals surface area contributed by atoms with E-state index in [1.54, 1.807) is 6.21 Å². The lowest BCUT2D eigenvalue weighted by Crippen LogP contribution is -2.09. The maximum atomic E-state index is 5.57. The van der Waals surface area contributed by atoms with Gasteiger partial charge in [-0.1, -0.05) is 18.2 Å². The van der Waals surface area contributed by atoms with Crippen molar-refractivity contribution in [3.05, 3.63) is 48.6 Å². The van der Waals surface area contributed by atoms with Gasteiger partial charge in [-0.15, -0.1) is 0 Å². The molecule has 13 heavy (non-hydrogen) atoms. The smallest absolute Gasteiger partial charge is 0.192 e. The molecule has 2 nitrogen and oxygen atoms in total. The molecule has 0 unspecified atom stereocenters. The Hall–Kier alpha value is -1.57. The molecule has 0 bridgehead atoms. The van der Waals surface area contributed by atoms with Crippen LogP contribution in [0.25, 0.3) is 0 Å². The van der Waals surface area contributed by atoms with E-state index in [0.29, 0.717) is 6.54 Å². The van der Waals surface area contributed by atoms with E-state index >= 15 is 0 Å². The number of dihydropyridines is 1. The van der Waals surface area contributed by atoms with Crippen molar-refractivity contribution < 1.29 is 4.74 Å². The third kappa shape index (κ3) is 2.18. The van der Waals surface area contributed by atoms with Gasteiger partial charge in [0.05, 0.1) is 6.54 Å². The van der Waals surface area contributed by atoms with Crippen LogP contribution in [0.3, 0.4) is 0 Å². The minimum Gasteiger partial charge on any atom is -0.477 e. The fraction of sp³-hybridized carbons (Fsp3) is 0.0909. The van der Waals surface area contributed by atoms with Gasteiger partial charge in [-0.25, -0.2) is 0 Å². The number of allylic oxidation sites excluding steroid dienone is 1. The third-order valence-corrected chi connectivity index (χ3v) is 1.71. The first-order valence-electron chi connectivity index (χ1n) is 4.20. The molecule has 0 amide bonds. The Kier molecular flexibility index (Phi) is 2.41. The van der Waals surface area contributed by atoms with Crippen LogP contribution in [0.5, 0.6) is 5.75 Å². The topological polar surface area (TPSA) is 21.6 Å². The number of benzene rings is 1. The summed E-state index contributed by atoms with van der Waals surface area (Å²) in [4.78, 5) is 4.08. The van der Waals surface area contributed by atoms with Crippen molar-refractivity contribution in [3.63, 3.8) is 0 Å². The molecule has 0 saturated heterocycles. The summed E-state index contributed by atoms with van der Waals surface area (Å²) in [5, 5.41) is 0. The molecule has 0 aromatic heterocycles. The number of ether oxygens (including phenoxy) is 1. The highest BCUT2D eigenvalue weighted by molar-refractivity contribution is 5.73. The fourth-order valence-corrected chi connectivity index (χ4v) is 1.11. The summed E-state index contributed by atoms with van der Waals surface area (Å²) in [5.74, 6) is 0.860. The van der Waals surface area contributed by atoms with Gasteiger partial charge < -0.3 is 4.74 Å². The summed E-state index contributed by atoms with van der Waals surface area (Å²) < 4.78 is 5.57. The summed E-state index contributed by atoms with van der Waals surface area (Å²) in [6.45, 7) is 0.630. The summed E-state index contributed by atoms with van der Waals surface area (Å²) in [6, 6.07) is 9.72. The molecule has 0 aliphatic carbocycles. The number of hydrogen-bond donors (Lipinski definition) is 0. The van der Waals surface area contributed by atoms with Crippen molar-refractivity contribution in [2.24, 2.45) is 4.99 Å². The highest BCUT2D eigenvalue weighted by Gasteiger charge is 2.08. The minimum absolute atomic E-state index is 0.630. The quantitative estimate of drug-likeness (QED) is 0.670. The summed E-state index contributed by atoms with van der Waals surface area (Å²) >= 11 is 0. The predicted octanol–water partition coefficient (Wildman–Crippen LogP) is 2.24. The number of hydrogen-bond acceptors (Lipinski definition) is 2. The van der Waals surface area contributed by atoms with Gasteiger partial charge in [0.1, 0.15) is 5.75 Å². The molecule has 0 fully saturated rings. The van der Waals surface area contributed by atoms with Gasteiger partial charge in [-0.05, 0) is 24.3 Å². The molecule has 0 atom stereocenters. The van der Waals surface area contributed by atoms with Crippen LogP contribution in [0.1, 0.15) is 0 Å². The lowest BCUT2D eigenvalue weighted by molar-refractivity contribution is 0.355. The Balaban J connectivity index is 1.99. The van der Waals surface area contributed by atoms with Gasteiger partial charge in [-0.3, -0.25) is 4.99 Å². The van der Waals surface area contributed by atoms with Crippen molar-refractivity contribution in [3.8, 4) is 5.75 Å². The summed E-state index contributed by atoms with van der Waals surface area (Å²) in [5.41, 5.74) is 0. The van der Waals surface area contributed by atoms with Crippen LogP contribution >= 0.6 is 0 Å². The second-order valence-corrected chi connectivity index (χ2v) is 2.73. The predicted molar refractivity (Wildman–Crippen MR) is 52.8 cm³/mol. The molecular formula is C11H10NO. The number of aliphatic imine (C=N–C) groups is 1. The van der Waals surface area contributed by atoms with Gasteiger partial charge in [0, 0.05) is 6.21 Å². The number of para-hydroxylation sites is 1. The summed E-state index contributed by atoms with van der Waals surface area (Å²) in [7, 11) is 0. The molecule has 65 valence electrons. The lowest BCUT2D eigenvalue weighted by Gasteiger charge is -2.13. The number of rotatable bonds is 2. The standard InChI is InChI=1S/C11H10NO/c1-2-5-10(6-3-1)13-11-7-4-8-12-9-11/h1-8H,9H2. The second kappa shape index (κ2) is 3.90. The monoisotopic (exact) mass is 172 g/mol. The molecular weight excluding hydrogens is 162 g/mol. The molecule has 2 heteroatoms. The average Bonchev–Trinajstić information content (AvgIpc) is 2.21. The van der Waals surface area contributed by atoms with Crippen molar-refractivity contribution in [2.45, 2.75) is 0 Å². The van der Waals surface area contributed by atoms with Gasteiger partial charge >= 0.3 is 0 Å². The van der Waals surface area contributed by atoms with Gasteiger partial charge in [-0.2, -0.15) is 0 Å². The van der Waals surface area contributed by atoms with Crippen LogP contribution in [-0.4, -0.2) is 12.8 Å². The first-order valence-corrected chi connectivity index (χ1v) is 4.20. The first-order chi connectivity index (χ1) is 6.45. The zero-order valence-electron chi connectivity index (χ0n) is 7.18. The molecule has 1 aliphatic heterocycles. The first kappa shape index (κ1) is 8.05. The van der Waals surface area contributed by atoms with Crippen LogP contribution in [-0.2, 0) is 0 Å². The Morgan fingerprint density at radius 1 is 1.15 bits per heavy atom. The zero-order chi connectivity index (χ0) is 8.93. The second-order valence-electron chi connectivity index (χ2n) is 2.73. The Morgan fingerprint density at radius 3 is 2.69 bits per heavy atom. The molecule has 1 aromatic rings. The van der Waals surface area contributed by atoms with E-state index in [9.17, 15) is 0 Å². The van der Waals surface area contributed by atoms with Crippen LogP contribution in [0.2, 0.25) is 0 Å². The maximum Gasteiger partial charge on any atom is 0.192 e. The highest BCUT2D eigenvalue weighted by atomic mass is 16.5. The molecule has 1 aliphatic rings. The molecule has 0 spiro atoms. The summed E-state index contributed by atoms with van der Waals surface area (Å²) in [6.07, 6.45) is 6.47. The van der Waals surface area contributed by atoms with Crippen molar-refractivity contribution in [2.75, 3.05) is 6.54 Å². The van der Waals surface area contributed by atoms with E-state index in [4.69, 9.17) is 4.74 Å². The van der Waals surface area contributed by atoms with E-state index in [0.717, 1.165) is 11.9 Å². The van der Waals surface area contributed by atoms with Gasteiger partial charge in [0.25, 0.3) is 0 Å². The van der Waals surface area contributed by atoms with E-state index in [2.05, 4.69) is 4.99 Å². The Morgan fingerprint density at radius 2 is 2.00 bits per heavy atom. The Labute approximate surface area is 77.6 Å². The normalized spacial score (nSPS) is 16.0. The van der Waals surface area contributed by atoms with E-state index in [1.165, 1.54) is 0 Å². The minimum atomic E-state index is 0.630. The van der Waals surface area contributed by atoms with Gasteiger partial charge in [0.2, 0.25) is 0 Å². The van der Waals surface area contributed by atoms with Gasteiger partial charge in [0.15, 0.2) is 6.10 Å². The van der Waals surface area contributed by atoms with E-state index < -0.39 is 0 Å². The Bertz CT molecular complexity index is 316. The molecule has 0 saturated carbocycles. The fourth-order valence-electron chi connectivity index (χ4n) is 1.11. The highest BCUT2D eigenvalue weighted by Crippen LogP contribution is 2.16. The van der Waals surface area contributed by atoms with Crippen LogP contribution in [0, 0.1) is 6.10 Å². The van der Waals surface area contributed by atoms with Crippen molar-refractivity contribution >= 4 is 6.21 Å².